The molecule has 0 N–H and O–H groups in total. The van der Waals surface area contributed by atoms with Crippen LogP contribution in [-0.2, 0) is 9.53 Å². The second-order valence-corrected chi connectivity index (χ2v) is 4.29. The first-order valence-electron chi connectivity index (χ1n) is 6.40. The van der Waals surface area contributed by atoms with E-state index in [9.17, 15) is 4.79 Å². The number of methoxy groups -OCH3 is 1. The summed E-state index contributed by atoms with van der Waals surface area (Å²) in [5.74, 6) is 1.07. The van der Waals surface area contributed by atoms with Crippen LogP contribution in [0.1, 0.15) is 12.5 Å². The molecule has 0 amide bonds. The standard InChI is InChI=1S/C15H15NO5/c1-10(9-16)21-14(17)4-3-11-7-12(18-2)15-13(8-11)19-5-6-20-15/h3-4,7-8,10H,5-6H2,1-2H3/b4-3+/t10-/m1/s1. The van der Waals surface area contributed by atoms with Crippen molar-refractivity contribution in [2.45, 2.75) is 13.0 Å². The Morgan fingerprint density at radius 3 is 2.90 bits per heavy atom. The molecule has 21 heavy (non-hydrogen) atoms. The Morgan fingerprint density at radius 1 is 1.43 bits per heavy atom. The Bertz CT molecular complexity index is 586. The van der Waals surface area contributed by atoms with Gasteiger partial charge in [0.2, 0.25) is 5.75 Å². The van der Waals surface area contributed by atoms with Gasteiger partial charge in [-0.1, -0.05) is 0 Å². The third-order valence-corrected chi connectivity index (χ3v) is 2.74. The van der Waals surface area contributed by atoms with E-state index in [4.69, 9.17) is 24.2 Å². The Balaban J connectivity index is 2.17. The Morgan fingerprint density at radius 2 is 2.19 bits per heavy atom. The molecule has 6 heteroatoms. The molecule has 110 valence electrons. The molecule has 0 spiro atoms. The molecule has 0 saturated carbocycles. The van der Waals surface area contributed by atoms with Crippen molar-refractivity contribution in [2.24, 2.45) is 0 Å². The van der Waals surface area contributed by atoms with E-state index in [0.29, 0.717) is 36.0 Å². The molecule has 2 rings (SSSR count). The molecule has 1 aliphatic heterocycles. The number of hydrogen-bond acceptors (Lipinski definition) is 6. The lowest BCUT2D eigenvalue weighted by atomic mass is 10.1. The minimum Gasteiger partial charge on any atom is -0.493 e. The lowest BCUT2D eigenvalue weighted by molar-refractivity contribution is -0.139. The topological polar surface area (TPSA) is 77.8 Å². The SMILES string of the molecule is COc1cc(/C=C/C(=O)O[C@H](C)C#N)cc2c1OCCO2. The largest absolute Gasteiger partial charge is 0.493 e. The predicted octanol–water partition coefficient (Wildman–Crippen LogP) is 1.93. The van der Waals surface area contributed by atoms with E-state index in [1.165, 1.54) is 20.1 Å². The highest BCUT2D eigenvalue weighted by molar-refractivity contribution is 5.87. The van der Waals surface area contributed by atoms with Crippen molar-refractivity contribution in [2.75, 3.05) is 20.3 Å². The Labute approximate surface area is 122 Å². The van der Waals surface area contributed by atoms with Gasteiger partial charge in [0, 0.05) is 6.08 Å². The van der Waals surface area contributed by atoms with Gasteiger partial charge in [-0.3, -0.25) is 0 Å². The Hall–Kier alpha value is -2.68. The maximum Gasteiger partial charge on any atom is 0.332 e. The van der Waals surface area contributed by atoms with Crippen molar-refractivity contribution in [1.29, 1.82) is 5.26 Å². The summed E-state index contributed by atoms with van der Waals surface area (Å²) in [6, 6.07) is 5.29. The number of carbonyl (C=O) groups is 1. The van der Waals surface area contributed by atoms with Crippen LogP contribution in [-0.4, -0.2) is 32.4 Å². The monoisotopic (exact) mass is 289 g/mol. The predicted molar refractivity (Wildman–Crippen MR) is 74.2 cm³/mol. The first-order valence-corrected chi connectivity index (χ1v) is 6.40. The van der Waals surface area contributed by atoms with Crippen molar-refractivity contribution in [3.8, 4) is 23.3 Å². The number of esters is 1. The van der Waals surface area contributed by atoms with Gasteiger partial charge >= 0.3 is 5.97 Å². The van der Waals surface area contributed by atoms with Gasteiger partial charge in [0.25, 0.3) is 0 Å². The summed E-state index contributed by atoms with van der Waals surface area (Å²) < 4.78 is 21.0. The van der Waals surface area contributed by atoms with Crippen molar-refractivity contribution in [1.82, 2.24) is 0 Å². The van der Waals surface area contributed by atoms with Crippen LogP contribution >= 0.6 is 0 Å². The van der Waals surface area contributed by atoms with E-state index in [2.05, 4.69) is 0 Å². The second-order valence-electron chi connectivity index (χ2n) is 4.29. The zero-order chi connectivity index (χ0) is 15.2. The molecule has 0 fully saturated rings. The molecule has 1 aromatic carbocycles. The van der Waals surface area contributed by atoms with Gasteiger partial charge in [-0.25, -0.2) is 4.79 Å². The van der Waals surface area contributed by atoms with Crippen LogP contribution in [0.15, 0.2) is 18.2 Å². The van der Waals surface area contributed by atoms with Gasteiger partial charge in [-0.15, -0.1) is 0 Å². The molecule has 1 aromatic rings. The van der Waals surface area contributed by atoms with Crippen LogP contribution in [0.25, 0.3) is 6.08 Å². The molecule has 1 atom stereocenters. The van der Waals surface area contributed by atoms with Gasteiger partial charge in [-0.2, -0.15) is 5.26 Å². The third-order valence-electron chi connectivity index (χ3n) is 2.74. The summed E-state index contributed by atoms with van der Waals surface area (Å²) in [4.78, 5) is 11.5. The second kappa shape index (κ2) is 6.66. The molecule has 6 nitrogen and oxygen atoms in total. The minimum absolute atomic E-state index is 0.463. The van der Waals surface area contributed by atoms with Gasteiger partial charge in [-0.05, 0) is 30.7 Å². The van der Waals surface area contributed by atoms with E-state index < -0.39 is 12.1 Å². The number of hydrogen-bond donors (Lipinski definition) is 0. The molecule has 0 radical (unpaired) electrons. The summed E-state index contributed by atoms with van der Waals surface area (Å²) in [7, 11) is 1.53. The lowest BCUT2D eigenvalue weighted by Crippen LogP contribution is -2.16. The Kier molecular flexibility index (Phi) is 4.67. The summed E-state index contributed by atoms with van der Waals surface area (Å²) >= 11 is 0. The number of nitrogens with zero attached hydrogens (tertiary/aromatic N) is 1. The van der Waals surface area contributed by atoms with Crippen LogP contribution in [0, 0.1) is 11.3 Å². The first-order chi connectivity index (χ1) is 10.1. The van der Waals surface area contributed by atoms with Gasteiger partial charge in [0.1, 0.15) is 19.3 Å². The zero-order valence-electron chi connectivity index (χ0n) is 11.8. The minimum atomic E-state index is -0.781. The highest BCUT2D eigenvalue weighted by atomic mass is 16.6. The van der Waals surface area contributed by atoms with E-state index in [-0.39, 0.29) is 0 Å². The quantitative estimate of drug-likeness (QED) is 0.622. The fraction of sp³-hybridized carbons (Fsp3) is 0.333. The molecule has 1 aliphatic rings. The number of rotatable bonds is 4. The number of benzene rings is 1. The van der Waals surface area contributed by atoms with E-state index in [1.54, 1.807) is 18.2 Å². The zero-order valence-corrected chi connectivity index (χ0v) is 11.8. The van der Waals surface area contributed by atoms with Crippen LogP contribution < -0.4 is 14.2 Å². The van der Waals surface area contributed by atoms with Gasteiger partial charge < -0.3 is 18.9 Å². The van der Waals surface area contributed by atoms with Gasteiger partial charge in [0.05, 0.1) is 7.11 Å². The number of nitriles is 1. The van der Waals surface area contributed by atoms with Crippen molar-refractivity contribution >= 4 is 12.0 Å². The van der Waals surface area contributed by atoms with Crippen LogP contribution in [0.2, 0.25) is 0 Å². The molecule has 0 aliphatic carbocycles. The molecule has 0 aromatic heterocycles. The fourth-order valence-corrected chi connectivity index (χ4v) is 1.79. The highest BCUT2D eigenvalue weighted by Crippen LogP contribution is 2.40. The summed E-state index contributed by atoms with van der Waals surface area (Å²) in [6.07, 6.45) is 2.03. The first kappa shape index (κ1) is 14.7. The van der Waals surface area contributed by atoms with Crippen molar-refractivity contribution < 1.29 is 23.7 Å². The average Bonchev–Trinajstić information content (AvgIpc) is 2.51. The molecular weight excluding hydrogens is 274 g/mol. The van der Waals surface area contributed by atoms with Crippen molar-refractivity contribution in [3.05, 3.63) is 23.8 Å². The van der Waals surface area contributed by atoms with E-state index in [1.807, 2.05) is 6.07 Å². The van der Waals surface area contributed by atoms with E-state index in [0.717, 1.165) is 0 Å². The molecule has 0 bridgehead atoms. The summed E-state index contributed by atoms with van der Waals surface area (Å²) in [5.41, 5.74) is 0.706. The molecule has 0 saturated heterocycles. The molecular formula is C15H15NO5. The number of fused-ring (bicyclic) bond motifs is 1. The maximum absolute atomic E-state index is 11.5. The summed E-state index contributed by atoms with van der Waals surface area (Å²) in [5, 5.41) is 8.57. The number of ether oxygens (including phenoxy) is 4. The molecule has 1 heterocycles. The average molecular weight is 289 g/mol. The van der Waals surface area contributed by atoms with Crippen molar-refractivity contribution in [3.63, 3.8) is 0 Å². The normalized spacial score (nSPS) is 14.3. The summed E-state index contributed by atoms with van der Waals surface area (Å²) in [6.45, 7) is 2.43. The highest BCUT2D eigenvalue weighted by Gasteiger charge is 2.17. The van der Waals surface area contributed by atoms with Crippen LogP contribution in [0.4, 0.5) is 0 Å². The fourth-order valence-electron chi connectivity index (χ4n) is 1.79. The van der Waals surface area contributed by atoms with Crippen LogP contribution in [0.3, 0.4) is 0 Å². The molecule has 0 unspecified atom stereocenters. The third kappa shape index (κ3) is 3.66. The number of carbonyl (C=O) groups excluding carboxylic acids is 1. The van der Waals surface area contributed by atoms with Gasteiger partial charge in [0.15, 0.2) is 17.6 Å². The maximum atomic E-state index is 11.5. The van der Waals surface area contributed by atoms with E-state index >= 15 is 0 Å². The van der Waals surface area contributed by atoms with Crippen LogP contribution in [0.5, 0.6) is 17.2 Å². The smallest absolute Gasteiger partial charge is 0.332 e. The lowest BCUT2D eigenvalue weighted by Gasteiger charge is -2.20.